The zero-order chi connectivity index (χ0) is 12.6. The molecular formula is C13H11N3OS. The van der Waals surface area contributed by atoms with Crippen LogP contribution in [0.1, 0.15) is 11.5 Å². The molecule has 0 radical (unpaired) electrons. The van der Waals surface area contributed by atoms with Gasteiger partial charge in [0.25, 0.3) is 0 Å². The van der Waals surface area contributed by atoms with Gasteiger partial charge < -0.3 is 4.74 Å². The van der Waals surface area contributed by atoms with Crippen molar-refractivity contribution in [2.45, 2.75) is 12.3 Å². The van der Waals surface area contributed by atoms with Gasteiger partial charge in [-0.2, -0.15) is 5.26 Å². The van der Waals surface area contributed by atoms with Gasteiger partial charge in [-0.1, -0.05) is 6.07 Å². The van der Waals surface area contributed by atoms with E-state index in [0.717, 1.165) is 16.3 Å². The molecule has 1 fully saturated rings. The van der Waals surface area contributed by atoms with Crippen LogP contribution in [0.25, 0.3) is 10.6 Å². The van der Waals surface area contributed by atoms with Gasteiger partial charge in [0, 0.05) is 5.69 Å². The molecular weight excluding hydrogens is 246 g/mol. The monoisotopic (exact) mass is 257 g/mol. The maximum atomic E-state index is 9.29. The first-order valence-electron chi connectivity index (χ1n) is 5.63. The standard InChI is InChI=1S/C13H11N3OS/c1-9-5-10(11-3-2-4-18-11)16-12(15-9)13(6-14)7-17-8-13/h2-5H,7-8H2,1H3. The third-order valence-corrected chi connectivity index (χ3v) is 3.86. The van der Waals surface area contributed by atoms with Crippen molar-refractivity contribution in [3.8, 4) is 16.6 Å². The van der Waals surface area contributed by atoms with E-state index < -0.39 is 5.41 Å². The first-order valence-corrected chi connectivity index (χ1v) is 6.50. The minimum atomic E-state index is -0.655. The number of rotatable bonds is 2. The lowest BCUT2D eigenvalue weighted by Crippen LogP contribution is -2.47. The van der Waals surface area contributed by atoms with Crippen molar-refractivity contribution in [1.82, 2.24) is 9.97 Å². The average molecular weight is 257 g/mol. The Morgan fingerprint density at radius 2 is 2.28 bits per heavy atom. The first-order chi connectivity index (χ1) is 8.73. The van der Waals surface area contributed by atoms with E-state index in [-0.39, 0.29) is 0 Å². The van der Waals surface area contributed by atoms with Crippen LogP contribution in [-0.2, 0) is 10.2 Å². The lowest BCUT2D eigenvalue weighted by molar-refractivity contribution is -0.0339. The third kappa shape index (κ3) is 1.70. The van der Waals surface area contributed by atoms with Crippen molar-refractivity contribution in [2.75, 3.05) is 13.2 Å². The molecule has 3 rings (SSSR count). The van der Waals surface area contributed by atoms with Gasteiger partial charge in [0.1, 0.15) is 0 Å². The van der Waals surface area contributed by atoms with Gasteiger partial charge in [-0.25, -0.2) is 9.97 Å². The summed E-state index contributed by atoms with van der Waals surface area (Å²) in [6, 6.07) is 8.24. The minimum absolute atomic E-state index is 0.386. The van der Waals surface area contributed by atoms with Crippen molar-refractivity contribution in [3.05, 3.63) is 35.1 Å². The number of aromatic nitrogens is 2. The summed E-state index contributed by atoms with van der Waals surface area (Å²) in [5.74, 6) is 0.583. The molecule has 1 aliphatic heterocycles. The number of nitriles is 1. The molecule has 0 saturated carbocycles. The molecule has 3 heterocycles. The van der Waals surface area contributed by atoms with Crippen LogP contribution in [-0.4, -0.2) is 23.2 Å². The first kappa shape index (κ1) is 11.3. The maximum absolute atomic E-state index is 9.29. The average Bonchev–Trinajstić information content (AvgIpc) is 2.81. The van der Waals surface area contributed by atoms with Gasteiger partial charge in [0.2, 0.25) is 0 Å². The smallest absolute Gasteiger partial charge is 0.163 e. The Labute approximate surface area is 109 Å². The summed E-state index contributed by atoms with van der Waals surface area (Å²) in [7, 11) is 0. The van der Waals surface area contributed by atoms with Crippen LogP contribution in [0.2, 0.25) is 0 Å². The number of aryl methyl sites for hydroxylation is 1. The van der Waals surface area contributed by atoms with Crippen LogP contribution in [0, 0.1) is 18.3 Å². The van der Waals surface area contributed by atoms with Crippen LogP contribution in [0.4, 0.5) is 0 Å². The highest BCUT2D eigenvalue weighted by Gasteiger charge is 2.44. The second kappa shape index (κ2) is 4.16. The van der Waals surface area contributed by atoms with Gasteiger partial charge in [-0.05, 0) is 24.4 Å². The number of thiophene rings is 1. The Hall–Kier alpha value is -1.77. The second-order valence-corrected chi connectivity index (χ2v) is 5.33. The molecule has 0 atom stereocenters. The molecule has 0 spiro atoms. The molecule has 18 heavy (non-hydrogen) atoms. The largest absolute Gasteiger partial charge is 0.377 e. The topological polar surface area (TPSA) is 58.8 Å². The number of hydrogen-bond donors (Lipinski definition) is 0. The number of nitrogens with zero attached hydrogens (tertiary/aromatic N) is 3. The number of ether oxygens (including phenoxy) is 1. The molecule has 0 bridgehead atoms. The molecule has 2 aromatic heterocycles. The summed E-state index contributed by atoms with van der Waals surface area (Å²) in [6.45, 7) is 2.69. The molecule has 0 aliphatic carbocycles. The summed E-state index contributed by atoms with van der Waals surface area (Å²) in [4.78, 5) is 10.0. The van der Waals surface area contributed by atoms with E-state index in [2.05, 4.69) is 16.0 Å². The fraction of sp³-hybridized carbons (Fsp3) is 0.308. The van der Waals surface area contributed by atoms with Crippen LogP contribution < -0.4 is 0 Å². The van der Waals surface area contributed by atoms with E-state index in [9.17, 15) is 5.26 Å². The minimum Gasteiger partial charge on any atom is -0.377 e. The molecule has 0 N–H and O–H groups in total. The van der Waals surface area contributed by atoms with Gasteiger partial charge in [-0.3, -0.25) is 0 Å². The van der Waals surface area contributed by atoms with Crippen LogP contribution in [0.15, 0.2) is 23.6 Å². The lowest BCUT2D eigenvalue weighted by Gasteiger charge is -2.33. The van der Waals surface area contributed by atoms with Crippen molar-refractivity contribution in [2.24, 2.45) is 0 Å². The third-order valence-electron chi connectivity index (χ3n) is 2.97. The Morgan fingerprint density at radius 1 is 1.44 bits per heavy atom. The quantitative estimate of drug-likeness (QED) is 0.828. The summed E-state index contributed by atoms with van der Waals surface area (Å²) < 4.78 is 5.15. The normalized spacial score (nSPS) is 16.9. The van der Waals surface area contributed by atoms with Gasteiger partial charge in [0.05, 0.1) is 29.9 Å². The Morgan fingerprint density at radius 3 is 2.83 bits per heavy atom. The molecule has 2 aromatic rings. The van der Waals surface area contributed by atoms with Crippen molar-refractivity contribution in [3.63, 3.8) is 0 Å². The van der Waals surface area contributed by atoms with Gasteiger partial charge in [0.15, 0.2) is 11.2 Å². The predicted molar refractivity (Wildman–Crippen MR) is 68.2 cm³/mol. The molecule has 5 heteroatoms. The highest BCUT2D eigenvalue weighted by atomic mass is 32.1. The zero-order valence-corrected chi connectivity index (χ0v) is 10.7. The van der Waals surface area contributed by atoms with E-state index in [1.54, 1.807) is 11.3 Å². The van der Waals surface area contributed by atoms with E-state index in [4.69, 9.17) is 4.74 Å². The maximum Gasteiger partial charge on any atom is 0.163 e. The van der Waals surface area contributed by atoms with E-state index in [1.165, 1.54) is 0 Å². The molecule has 0 unspecified atom stereocenters. The zero-order valence-electron chi connectivity index (χ0n) is 9.88. The summed E-state index contributed by atoms with van der Waals surface area (Å²) in [5, 5.41) is 11.3. The number of hydrogen-bond acceptors (Lipinski definition) is 5. The van der Waals surface area contributed by atoms with Crippen molar-refractivity contribution < 1.29 is 4.74 Å². The van der Waals surface area contributed by atoms with Crippen LogP contribution in [0.5, 0.6) is 0 Å². The Kier molecular flexibility index (Phi) is 2.62. The molecule has 90 valence electrons. The SMILES string of the molecule is Cc1cc(-c2cccs2)nc(C2(C#N)COC2)n1. The second-order valence-electron chi connectivity index (χ2n) is 4.38. The fourth-order valence-corrected chi connectivity index (χ4v) is 2.57. The highest BCUT2D eigenvalue weighted by molar-refractivity contribution is 7.13. The van der Waals surface area contributed by atoms with Gasteiger partial charge >= 0.3 is 0 Å². The van der Waals surface area contributed by atoms with Crippen LogP contribution >= 0.6 is 11.3 Å². The molecule has 0 amide bonds. The van der Waals surface area contributed by atoms with Crippen molar-refractivity contribution >= 4 is 11.3 Å². The molecule has 4 nitrogen and oxygen atoms in total. The van der Waals surface area contributed by atoms with Crippen molar-refractivity contribution in [1.29, 1.82) is 5.26 Å². The molecule has 1 saturated heterocycles. The van der Waals surface area contributed by atoms with E-state index in [1.807, 2.05) is 30.5 Å². The van der Waals surface area contributed by atoms with Crippen LogP contribution in [0.3, 0.4) is 0 Å². The van der Waals surface area contributed by atoms with E-state index in [0.29, 0.717) is 19.0 Å². The summed E-state index contributed by atoms with van der Waals surface area (Å²) in [6.07, 6.45) is 0. The Balaban J connectivity index is 2.10. The molecule has 0 aromatic carbocycles. The summed E-state index contributed by atoms with van der Waals surface area (Å²) in [5.41, 5.74) is 1.11. The predicted octanol–water partition coefficient (Wildman–Crippen LogP) is 2.31. The lowest BCUT2D eigenvalue weighted by atomic mass is 9.86. The van der Waals surface area contributed by atoms with Gasteiger partial charge in [-0.15, -0.1) is 11.3 Å². The summed E-state index contributed by atoms with van der Waals surface area (Å²) >= 11 is 1.63. The Bertz CT molecular complexity index is 612. The molecule has 1 aliphatic rings. The highest BCUT2D eigenvalue weighted by Crippen LogP contribution is 2.31. The fourth-order valence-electron chi connectivity index (χ4n) is 1.88. The van der Waals surface area contributed by atoms with E-state index >= 15 is 0 Å².